The number of amides is 3. The van der Waals surface area contributed by atoms with Gasteiger partial charge in [0, 0.05) is 17.1 Å². The van der Waals surface area contributed by atoms with Crippen molar-refractivity contribution in [1.29, 1.82) is 0 Å². The van der Waals surface area contributed by atoms with Crippen molar-refractivity contribution >= 4 is 29.5 Å². The molecule has 1 atom stereocenters. The van der Waals surface area contributed by atoms with E-state index in [1.807, 2.05) is 0 Å². The first kappa shape index (κ1) is 20.2. The molecule has 0 saturated carbocycles. The molecule has 1 aromatic rings. The lowest BCUT2D eigenvalue weighted by Crippen LogP contribution is -2.43. The Morgan fingerprint density at radius 1 is 1.31 bits per heavy atom. The van der Waals surface area contributed by atoms with Crippen molar-refractivity contribution in [1.82, 2.24) is 16.0 Å². The third-order valence-corrected chi connectivity index (χ3v) is 3.99. The van der Waals surface area contributed by atoms with E-state index in [0.717, 1.165) is 13.0 Å². The van der Waals surface area contributed by atoms with Crippen LogP contribution in [0.4, 0.5) is 4.79 Å². The zero-order valence-corrected chi connectivity index (χ0v) is 15.9. The Morgan fingerprint density at radius 2 is 2.04 bits per heavy atom. The zero-order valence-electron chi connectivity index (χ0n) is 15.1. The molecule has 26 heavy (non-hydrogen) atoms. The molecule has 0 radical (unpaired) electrons. The maximum atomic E-state index is 12.5. The van der Waals surface area contributed by atoms with E-state index in [2.05, 4.69) is 16.0 Å². The molecule has 0 aromatic heterocycles. The van der Waals surface area contributed by atoms with E-state index in [9.17, 15) is 14.4 Å². The van der Waals surface area contributed by atoms with Crippen molar-refractivity contribution in [3.63, 3.8) is 0 Å². The maximum absolute atomic E-state index is 12.5. The number of hydrogen-bond donors (Lipinski definition) is 3. The molecule has 2 rings (SSSR count). The smallest absolute Gasteiger partial charge is 0.407 e. The monoisotopic (exact) mass is 381 g/mol. The zero-order chi connectivity index (χ0) is 19.3. The van der Waals surface area contributed by atoms with Crippen molar-refractivity contribution in [3.8, 4) is 0 Å². The lowest BCUT2D eigenvalue weighted by Gasteiger charge is -2.20. The van der Waals surface area contributed by atoms with Gasteiger partial charge in [-0.2, -0.15) is 0 Å². The Morgan fingerprint density at radius 3 is 2.65 bits per heavy atom. The van der Waals surface area contributed by atoms with Crippen molar-refractivity contribution in [3.05, 3.63) is 34.3 Å². The Labute approximate surface area is 157 Å². The molecule has 0 spiro atoms. The summed E-state index contributed by atoms with van der Waals surface area (Å²) in [7, 11) is 0. The van der Waals surface area contributed by atoms with E-state index in [4.69, 9.17) is 16.3 Å². The minimum atomic E-state index is -0.620. The third kappa shape index (κ3) is 6.00. The predicted octanol–water partition coefficient (Wildman–Crippen LogP) is 2.37. The highest BCUT2D eigenvalue weighted by atomic mass is 35.5. The molecule has 0 aliphatic carbocycles. The van der Waals surface area contributed by atoms with Crippen LogP contribution in [0.15, 0.2) is 18.2 Å². The standard InChI is InChI=1S/C18H24ClN3O4/c1-18(2,3)26-17(25)21-10-11-6-7-12(19)9-13(11)15(23)22-16(24)14-5-4-8-20-14/h6-7,9,14,20H,4-5,8,10H2,1-3H3,(H,21,25)(H,22,23,24)/t14-/m0/s1. The summed E-state index contributed by atoms with van der Waals surface area (Å²) >= 11 is 5.99. The number of carbonyl (C=O) groups is 3. The fraction of sp³-hybridized carbons (Fsp3) is 0.500. The molecule has 1 fully saturated rings. The molecule has 3 amide bonds. The van der Waals surface area contributed by atoms with Gasteiger partial charge in [0.2, 0.25) is 5.91 Å². The molecule has 1 aliphatic heterocycles. The number of ether oxygens (including phenoxy) is 1. The summed E-state index contributed by atoms with van der Waals surface area (Å²) in [6, 6.07) is 4.36. The average molecular weight is 382 g/mol. The van der Waals surface area contributed by atoms with Crippen LogP contribution in [0.25, 0.3) is 0 Å². The summed E-state index contributed by atoms with van der Waals surface area (Å²) in [5.74, 6) is -0.911. The Kier molecular flexibility index (Phi) is 6.61. The van der Waals surface area contributed by atoms with E-state index in [1.165, 1.54) is 6.07 Å². The summed E-state index contributed by atoms with van der Waals surface area (Å²) in [4.78, 5) is 36.4. The minimum absolute atomic E-state index is 0.0741. The van der Waals surface area contributed by atoms with Crippen LogP contribution in [0.2, 0.25) is 5.02 Å². The molecular weight excluding hydrogens is 358 g/mol. The highest BCUT2D eigenvalue weighted by molar-refractivity contribution is 6.31. The van der Waals surface area contributed by atoms with Crippen molar-refractivity contribution in [2.75, 3.05) is 6.54 Å². The molecule has 1 heterocycles. The number of halogens is 1. The molecule has 1 aliphatic rings. The number of hydrogen-bond acceptors (Lipinski definition) is 5. The lowest BCUT2D eigenvalue weighted by molar-refractivity contribution is -0.121. The van der Waals surface area contributed by atoms with Gasteiger partial charge < -0.3 is 15.4 Å². The van der Waals surface area contributed by atoms with E-state index in [0.29, 0.717) is 17.0 Å². The number of carbonyl (C=O) groups excluding carboxylic acids is 3. The fourth-order valence-corrected chi connectivity index (χ4v) is 2.74. The summed E-state index contributed by atoms with van der Waals surface area (Å²) in [5.41, 5.74) is 0.148. The lowest BCUT2D eigenvalue weighted by atomic mass is 10.1. The molecule has 3 N–H and O–H groups in total. The second-order valence-corrected chi connectivity index (χ2v) is 7.56. The number of alkyl carbamates (subject to hydrolysis) is 1. The predicted molar refractivity (Wildman–Crippen MR) is 98.0 cm³/mol. The SMILES string of the molecule is CC(C)(C)OC(=O)NCc1ccc(Cl)cc1C(=O)NC(=O)[C@@H]1CCCN1. The van der Waals surface area contributed by atoms with E-state index in [-0.39, 0.29) is 24.1 Å². The topological polar surface area (TPSA) is 96.5 Å². The first-order valence-electron chi connectivity index (χ1n) is 8.49. The average Bonchev–Trinajstić information content (AvgIpc) is 3.06. The van der Waals surface area contributed by atoms with Gasteiger partial charge in [0.25, 0.3) is 5.91 Å². The molecule has 1 saturated heterocycles. The van der Waals surface area contributed by atoms with Crippen molar-refractivity contribution < 1.29 is 19.1 Å². The molecule has 142 valence electrons. The molecular formula is C18H24ClN3O4. The van der Waals surface area contributed by atoms with Gasteiger partial charge in [-0.3, -0.25) is 14.9 Å². The Hall–Kier alpha value is -2.12. The van der Waals surface area contributed by atoms with Crippen LogP contribution in [0.1, 0.15) is 49.5 Å². The first-order valence-corrected chi connectivity index (χ1v) is 8.87. The van der Waals surface area contributed by atoms with Crippen molar-refractivity contribution in [2.45, 2.75) is 51.8 Å². The summed E-state index contributed by atoms with van der Waals surface area (Å²) in [6.07, 6.45) is 1.00. The largest absolute Gasteiger partial charge is 0.444 e. The van der Waals surface area contributed by atoms with Crippen LogP contribution in [-0.2, 0) is 16.1 Å². The minimum Gasteiger partial charge on any atom is -0.444 e. The molecule has 0 bridgehead atoms. The highest BCUT2D eigenvalue weighted by Crippen LogP contribution is 2.17. The summed E-state index contributed by atoms with van der Waals surface area (Å²) < 4.78 is 5.18. The van der Waals surface area contributed by atoms with Gasteiger partial charge in [0.15, 0.2) is 0 Å². The molecule has 8 heteroatoms. The van der Waals surface area contributed by atoms with Gasteiger partial charge >= 0.3 is 6.09 Å². The fourth-order valence-electron chi connectivity index (χ4n) is 2.57. The van der Waals surface area contributed by atoms with Gasteiger partial charge in [0.1, 0.15) is 5.60 Å². The van der Waals surface area contributed by atoms with Crippen LogP contribution < -0.4 is 16.0 Å². The number of imide groups is 1. The highest BCUT2D eigenvalue weighted by Gasteiger charge is 2.25. The summed E-state index contributed by atoms with van der Waals surface area (Å²) in [6.45, 7) is 6.11. The molecule has 7 nitrogen and oxygen atoms in total. The van der Waals surface area contributed by atoms with Crippen LogP contribution >= 0.6 is 11.6 Å². The van der Waals surface area contributed by atoms with E-state index >= 15 is 0 Å². The first-order chi connectivity index (χ1) is 12.2. The molecule has 1 aromatic carbocycles. The van der Waals surface area contributed by atoms with Crippen LogP contribution in [0.5, 0.6) is 0 Å². The Balaban J connectivity index is 2.05. The van der Waals surface area contributed by atoms with Crippen LogP contribution in [0.3, 0.4) is 0 Å². The normalized spacial score (nSPS) is 16.8. The second-order valence-electron chi connectivity index (χ2n) is 7.12. The second kappa shape index (κ2) is 8.51. The maximum Gasteiger partial charge on any atom is 0.407 e. The van der Waals surface area contributed by atoms with Crippen LogP contribution in [0, 0.1) is 0 Å². The van der Waals surface area contributed by atoms with Gasteiger partial charge in [-0.1, -0.05) is 17.7 Å². The van der Waals surface area contributed by atoms with Gasteiger partial charge in [-0.25, -0.2) is 4.79 Å². The third-order valence-electron chi connectivity index (χ3n) is 3.75. The number of rotatable bonds is 4. The summed E-state index contributed by atoms with van der Waals surface area (Å²) in [5, 5.41) is 8.39. The Bertz CT molecular complexity index is 694. The molecule has 0 unspecified atom stereocenters. The van der Waals surface area contributed by atoms with Crippen molar-refractivity contribution in [2.24, 2.45) is 0 Å². The van der Waals surface area contributed by atoms with E-state index in [1.54, 1.807) is 32.9 Å². The van der Waals surface area contributed by atoms with E-state index < -0.39 is 17.6 Å². The van der Waals surface area contributed by atoms with Gasteiger partial charge in [0.05, 0.1) is 6.04 Å². The number of benzene rings is 1. The quantitative estimate of drug-likeness (QED) is 0.696. The number of nitrogens with one attached hydrogen (secondary N) is 3. The van der Waals surface area contributed by atoms with Gasteiger partial charge in [-0.15, -0.1) is 0 Å². The van der Waals surface area contributed by atoms with Gasteiger partial charge in [-0.05, 0) is 57.9 Å². The van der Waals surface area contributed by atoms with Crippen LogP contribution in [-0.4, -0.2) is 36.1 Å².